The monoisotopic (exact) mass is 485 g/mol. The van der Waals surface area contributed by atoms with E-state index in [1.807, 2.05) is 43.3 Å². The zero-order valence-corrected chi connectivity index (χ0v) is 22.3. The van der Waals surface area contributed by atoms with E-state index in [0.717, 1.165) is 51.4 Å². The Bertz CT molecular complexity index is 1380. The number of aromatic nitrogens is 3. The van der Waals surface area contributed by atoms with Crippen LogP contribution < -0.4 is 4.74 Å². The van der Waals surface area contributed by atoms with Gasteiger partial charge in [-0.15, -0.1) is 0 Å². The summed E-state index contributed by atoms with van der Waals surface area (Å²) in [6.07, 6.45) is -0.0253. The van der Waals surface area contributed by atoms with Gasteiger partial charge < -0.3 is 14.0 Å². The number of ether oxygens (including phenoxy) is 2. The van der Waals surface area contributed by atoms with Crippen LogP contribution in [0.5, 0.6) is 5.75 Å². The summed E-state index contributed by atoms with van der Waals surface area (Å²) in [5, 5.41) is 0. The zero-order chi connectivity index (χ0) is 26.0. The fourth-order valence-electron chi connectivity index (χ4n) is 4.55. The van der Waals surface area contributed by atoms with E-state index in [-0.39, 0.29) is 5.41 Å². The summed E-state index contributed by atoms with van der Waals surface area (Å²) in [4.78, 5) is 22.3. The number of aryl methyl sites for hydroxylation is 3. The van der Waals surface area contributed by atoms with Crippen LogP contribution in [0.2, 0.25) is 0 Å². The first kappa shape index (κ1) is 25.4. The summed E-state index contributed by atoms with van der Waals surface area (Å²) in [6, 6.07) is 17.7. The van der Waals surface area contributed by atoms with Crippen molar-refractivity contribution in [3.63, 3.8) is 0 Å². The van der Waals surface area contributed by atoms with Crippen LogP contribution in [0.15, 0.2) is 54.6 Å². The Hall–Kier alpha value is -3.67. The lowest BCUT2D eigenvalue weighted by molar-refractivity contribution is -0.149. The molecule has 0 saturated heterocycles. The van der Waals surface area contributed by atoms with E-state index >= 15 is 0 Å². The quantitative estimate of drug-likeness (QED) is 0.290. The molecule has 0 N–H and O–H groups in total. The van der Waals surface area contributed by atoms with Gasteiger partial charge in [0.15, 0.2) is 5.65 Å². The zero-order valence-electron chi connectivity index (χ0n) is 22.3. The molecule has 0 aliphatic carbocycles. The average molecular weight is 486 g/mol. The van der Waals surface area contributed by atoms with Crippen LogP contribution >= 0.6 is 0 Å². The second kappa shape index (κ2) is 10.1. The molecule has 0 amide bonds. The Morgan fingerprint density at radius 2 is 1.75 bits per heavy atom. The van der Waals surface area contributed by atoms with Crippen LogP contribution in [0.25, 0.3) is 11.2 Å². The lowest BCUT2D eigenvalue weighted by Crippen LogP contribution is -2.22. The first-order valence-electron chi connectivity index (χ1n) is 12.4. The summed E-state index contributed by atoms with van der Waals surface area (Å²) < 4.78 is 13.6. The van der Waals surface area contributed by atoms with Gasteiger partial charge in [0, 0.05) is 17.7 Å². The molecule has 188 valence electrons. The van der Waals surface area contributed by atoms with E-state index in [4.69, 9.17) is 19.4 Å². The van der Waals surface area contributed by atoms with Crippen LogP contribution in [0, 0.1) is 13.8 Å². The second-order valence-corrected chi connectivity index (χ2v) is 10.2. The van der Waals surface area contributed by atoms with Crippen LogP contribution in [0.1, 0.15) is 67.6 Å². The molecule has 36 heavy (non-hydrogen) atoms. The summed E-state index contributed by atoms with van der Waals surface area (Å²) in [5.74, 6) is 1.25. The van der Waals surface area contributed by atoms with Crippen molar-refractivity contribution in [2.24, 2.45) is 0 Å². The molecule has 0 fully saturated rings. The molecule has 4 aromatic rings. The van der Waals surface area contributed by atoms with Crippen molar-refractivity contribution in [2.45, 2.75) is 66.0 Å². The molecule has 0 saturated carbocycles. The molecule has 0 aliphatic heterocycles. The Labute approximate surface area is 213 Å². The molecule has 6 nitrogen and oxygen atoms in total. The molecular formula is C30H35N3O3. The maximum atomic E-state index is 12.6. The van der Waals surface area contributed by atoms with Crippen LogP contribution in [-0.2, 0) is 27.9 Å². The molecule has 0 radical (unpaired) electrons. The summed E-state index contributed by atoms with van der Waals surface area (Å²) in [7, 11) is 1.38. The Morgan fingerprint density at radius 1 is 1.03 bits per heavy atom. The molecule has 6 heteroatoms. The number of hydrogen-bond donors (Lipinski definition) is 0. The van der Waals surface area contributed by atoms with Gasteiger partial charge in [0.1, 0.15) is 17.1 Å². The average Bonchev–Trinajstić information content (AvgIpc) is 3.20. The van der Waals surface area contributed by atoms with Gasteiger partial charge in [-0.3, -0.25) is 0 Å². The van der Waals surface area contributed by atoms with E-state index in [1.54, 1.807) is 0 Å². The first-order valence-corrected chi connectivity index (χ1v) is 12.4. The van der Waals surface area contributed by atoms with E-state index in [9.17, 15) is 4.79 Å². The van der Waals surface area contributed by atoms with E-state index in [1.165, 1.54) is 7.11 Å². The van der Waals surface area contributed by atoms with E-state index in [0.29, 0.717) is 12.3 Å². The van der Waals surface area contributed by atoms with Gasteiger partial charge in [-0.2, -0.15) is 0 Å². The number of nitrogens with zero attached hydrogens (tertiary/aromatic N) is 3. The highest BCUT2D eigenvalue weighted by atomic mass is 16.6. The van der Waals surface area contributed by atoms with Crippen molar-refractivity contribution in [1.29, 1.82) is 0 Å². The molecule has 0 spiro atoms. The van der Waals surface area contributed by atoms with Crippen molar-refractivity contribution < 1.29 is 14.3 Å². The normalized spacial score (nSPS) is 12.5. The van der Waals surface area contributed by atoms with Crippen LogP contribution in [0.3, 0.4) is 0 Å². The fraction of sp³-hybridized carbons (Fsp3) is 0.367. The van der Waals surface area contributed by atoms with Crippen LogP contribution in [-0.4, -0.2) is 27.6 Å². The number of hydrogen-bond acceptors (Lipinski definition) is 5. The molecule has 2 aromatic carbocycles. The fourth-order valence-corrected chi connectivity index (χ4v) is 4.55. The minimum absolute atomic E-state index is 0.210. The number of methoxy groups -OCH3 is 1. The Balaban J connectivity index is 1.75. The van der Waals surface area contributed by atoms with Crippen molar-refractivity contribution >= 4 is 17.1 Å². The Morgan fingerprint density at radius 3 is 2.39 bits per heavy atom. The molecule has 4 rings (SSSR count). The first-order chi connectivity index (χ1) is 17.1. The predicted octanol–water partition coefficient (Wildman–Crippen LogP) is 6.25. The summed E-state index contributed by atoms with van der Waals surface area (Å²) >= 11 is 0. The van der Waals surface area contributed by atoms with Crippen LogP contribution in [0.4, 0.5) is 0 Å². The van der Waals surface area contributed by atoms with Gasteiger partial charge in [0.2, 0.25) is 6.10 Å². The SMILES string of the molecule is CCc1nc2c(C)cc(C)nc2n1Cc1ccc(OC(C(=O)OC)c2ccccc2)c(C(C)(C)C)c1. The van der Waals surface area contributed by atoms with Crippen molar-refractivity contribution in [3.8, 4) is 5.75 Å². The molecule has 0 aliphatic rings. The minimum Gasteiger partial charge on any atom is -0.474 e. The van der Waals surface area contributed by atoms with E-state index < -0.39 is 12.1 Å². The van der Waals surface area contributed by atoms with E-state index in [2.05, 4.69) is 57.4 Å². The third kappa shape index (κ3) is 5.13. The number of rotatable bonds is 7. The third-order valence-electron chi connectivity index (χ3n) is 6.37. The summed E-state index contributed by atoms with van der Waals surface area (Å²) in [6.45, 7) is 13.3. The lowest BCUT2D eigenvalue weighted by atomic mass is 9.85. The van der Waals surface area contributed by atoms with Gasteiger partial charge in [0.25, 0.3) is 0 Å². The third-order valence-corrected chi connectivity index (χ3v) is 6.37. The molecule has 1 unspecified atom stereocenters. The number of esters is 1. The highest BCUT2D eigenvalue weighted by molar-refractivity contribution is 5.77. The van der Waals surface area contributed by atoms with Crippen molar-refractivity contribution in [3.05, 3.63) is 88.4 Å². The number of carbonyl (C=O) groups excluding carboxylic acids is 1. The topological polar surface area (TPSA) is 66.2 Å². The minimum atomic E-state index is -0.845. The molecule has 1 atom stereocenters. The smallest absolute Gasteiger partial charge is 0.351 e. The van der Waals surface area contributed by atoms with Gasteiger partial charge in [-0.1, -0.05) is 64.1 Å². The highest BCUT2D eigenvalue weighted by Crippen LogP contribution is 2.36. The van der Waals surface area contributed by atoms with Crippen molar-refractivity contribution in [2.75, 3.05) is 7.11 Å². The number of fused-ring (bicyclic) bond motifs is 1. The van der Waals surface area contributed by atoms with Gasteiger partial charge in [0.05, 0.1) is 13.7 Å². The molecule has 0 bridgehead atoms. The highest BCUT2D eigenvalue weighted by Gasteiger charge is 2.27. The van der Waals surface area contributed by atoms with Gasteiger partial charge in [-0.25, -0.2) is 14.8 Å². The Kier molecular flexibility index (Phi) is 7.16. The molecule has 2 aromatic heterocycles. The summed E-state index contributed by atoms with van der Waals surface area (Å²) in [5.41, 5.74) is 6.68. The lowest BCUT2D eigenvalue weighted by Gasteiger charge is -2.26. The number of imidazole rings is 1. The number of pyridine rings is 1. The second-order valence-electron chi connectivity index (χ2n) is 10.2. The largest absolute Gasteiger partial charge is 0.474 e. The van der Waals surface area contributed by atoms with Gasteiger partial charge >= 0.3 is 5.97 Å². The van der Waals surface area contributed by atoms with Gasteiger partial charge in [-0.05, 0) is 54.2 Å². The maximum Gasteiger partial charge on any atom is 0.351 e. The number of carbonyl (C=O) groups is 1. The maximum absolute atomic E-state index is 12.6. The molecule has 2 heterocycles. The standard InChI is InChI=1S/C30H35N3O3/c1-8-25-32-26-19(2)16-20(3)31-28(26)33(25)18-21-14-15-24(23(17-21)30(4,5)6)36-27(29(34)35-7)22-12-10-9-11-13-22/h9-17,27H,8,18H2,1-7H3. The number of benzene rings is 2. The predicted molar refractivity (Wildman–Crippen MR) is 142 cm³/mol. The molecular weight excluding hydrogens is 450 g/mol. The van der Waals surface area contributed by atoms with Crippen molar-refractivity contribution in [1.82, 2.24) is 14.5 Å².